The summed E-state index contributed by atoms with van der Waals surface area (Å²) in [4.78, 5) is 16.9. The molecule has 1 N–H and O–H groups in total. The van der Waals surface area contributed by atoms with Crippen molar-refractivity contribution in [3.8, 4) is 0 Å². The molecule has 0 unspecified atom stereocenters. The Morgan fingerprint density at radius 1 is 1.30 bits per heavy atom. The van der Waals surface area contributed by atoms with Gasteiger partial charge in [0.15, 0.2) is 5.65 Å². The minimum atomic E-state index is -0.0403. The number of nitrogens with one attached hydrogen (secondary N) is 1. The van der Waals surface area contributed by atoms with Crippen molar-refractivity contribution in [1.82, 2.24) is 20.1 Å². The Hall–Kier alpha value is -1.91. The molecule has 0 fully saturated rings. The number of nitrogens with zero attached hydrogens (tertiary/aromatic N) is 3. The van der Waals surface area contributed by atoms with Gasteiger partial charge in [-0.2, -0.15) is 5.10 Å². The fraction of sp³-hybridized carbons (Fsp3) is 0.533. The SMILES string of the molecule is CCCNC(=O)c1cc(C)nc2c1c(C)nn2CCC. The molecule has 108 valence electrons. The van der Waals surface area contributed by atoms with E-state index >= 15 is 0 Å². The lowest BCUT2D eigenvalue weighted by atomic mass is 10.1. The van der Waals surface area contributed by atoms with Crippen LogP contribution in [0.5, 0.6) is 0 Å². The Morgan fingerprint density at radius 3 is 2.70 bits per heavy atom. The topological polar surface area (TPSA) is 59.8 Å². The molecule has 0 radical (unpaired) electrons. The van der Waals surface area contributed by atoms with Gasteiger partial charge < -0.3 is 5.32 Å². The zero-order valence-corrected chi connectivity index (χ0v) is 12.7. The number of hydrogen-bond acceptors (Lipinski definition) is 3. The van der Waals surface area contributed by atoms with Gasteiger partial charge in [-0.1, -0.05) is 13.8 Å². The predicted molar refractivity (Wildman–Crippen MR) is 79.9 cm³/mol. The monoisotopic (exact) mass is 274 g/mol. The number of aromatic nitrogens is 3. The molecule has 0 aliphatic rings. The highest BCUT2D eigenvalue weighted by Crippen LogP contribution is 2.22. The number of pyridine rings is 1. The Morgan fingerprint density at radius 2 is 2.05 bits per heavy atom. The van der Waals surface area contributed by atoms with Crippen LogP contribution in [0.2, 0.25) is 0 Å². The largest absolute Gasteiger partial charge is 0.352 e. The molecule has 0 saturated carbocycles. The average Bonchev–Trinajstić information content (AvgIpc) is 2.72. The fourth-order valence-corrected chi connectivity index (χ4v) is 2.36. The quantitative estimate of drug-likeness (QED) is 0.911. The van der Waals surface area contributed by atoms with E-state index in [1.54, 1.807) is 0 Å². The minimum Gasteiger partial charge on any atom is -0.352 e. The summed E-state index contributed by atoms with van der Waals surface area (Å²) in [6, 6.07) is 1.85. The molecule has 2 aromatic heterocycles. The van der Waals surface area contributed by atoms with Crippen molar-refractivity contribution >= 4 is 16.9 Å². The Bertz CT molecular complexity index is 630. The zero-order chi connectivity index (χ0) is 14.7. The first-order valence-corrected chi connectivity index (χ1v) is 7.21. The number of carbonyl (C=O) groups is 1. The maximum atomic E-state index is 12.3. The van der Waals surface area contributed by atoms with Crippen LogP contribution in [0, 0.1) is 13.8 Å². The van der Waals surface area contributed by atoms with E-state index in [-0.39, 0.29) is 5.91 Å². The van der Waals surface area contributed by atoms with Gasteiger partial charge in [-0.15, -0.1) is 0 Å². The van der Waals surface area contributed by atoms with Crippen molar-refractivity contribution in [2.24, 2.45) is 0 Å². The van der Waals surface area contributed by atoms with Crippen LogP contribution in [-0.2, 0) is 6.54 Å². The van der Waals surface area contributed by atoms with Gasteiger partial charge in [0.25, 0.3) is 5.91 Å². The molecule has 20 heavy (non-hydrogen) atoms. The van der Waals surface area contributed by atoms with E-state index in [0.29, 0.717) is 12.1 Å². The molecule has 5 nitrogen and oxygen atoms in total. The van der Waals surface area contributed by atoms with Crippen LogP contribution in [0.25, 0.3) is 11.0 Å². The summed E-state index contributed by atoms with van der Waals surface area (Å²) in [5.74, 6) is -0.0403. The normalized spacial score (nSPS) is 11.0. The molecule has 0 aromatic carbocycles. The van der Waals surface area contributed by atoms with Gasteiger partial charge in [-0.3, -0.25) is 4.79 Å². The van der Waals surface area contributed by atoms with Gasteiger partial charge in [0.05, 0.1) is 16.6 Å². The van der Waals surface area contributed by atoms with Crippen molar-refractivity contribution in [3.05, 3.63) is 23.0 Å². The number of fused-ring (bicyclic) bond motifs is 1. The highest BCUT2D eigenvalue weighted by atomic mass is 16.1. The molecule has 0 aliphatic carbocycles. The van der Waals surface area contributed by atoms with Gasteiger partial charge in [0, 0.05) is 18.8 Å². The minimum absolute atomic E-state index is 0.0403. The van der Waals surface area contributed by atoms with E-state index in [9.17, 15) is 4.79 Å². The lowest BCUT2D eigenvalue weighted by molar-refractivity contribution is 0.0955. The summed E-state index contributed by atoms with van der Waals surface area (Å²) in [5, 5.41) is 8.32. The maximum absolute atomic E-state index is 12.3. The zero-order valence-electron chi connectivity index (χ0n) is 12.7. The molecule has 0 bridgehead atoms. The van der Waals surface area contributed by atoms with E-state index in [1.807, 2.05) is 31.5 Å². The highest BCUT2D eigenvalue weighted by Gasteiger charge is 2.18. The summed E-state index contributed by atoms with van der Waals surface area (Å²) < 4.78 is 1.90. The van der Waals surface area contributed by atoms with Crippen LogP contribution in [0.15, 0.2) is 6.07 Å². The highest BCUT2D eigenvalue weighted by molar-refractivity contribution is 6.06. The van der Waals surface area contributed by atoms with Crippen molar-refractivity contribution < 1.29 is 4.79 Å². The number of amides is 1. The smallest absolute Gasteiger partial charge is 0.252 e. The molecule has 0 aliphatic heterocycles. The predicted octanol–water partition coefficient (Wildman–Crippen LogP) is 2.60. The van der Waals surface area contributed by atoms with Gasteiger partial charge in [0.1, 0.15) is 0 Å². The Kier molecular flexibility index (Phi) is 4.37. The molecule has 0 spiro atoms. The Labute approximate surface area is 119 Å². The van der Waals surface area contributed by atoms with Gasteiger partial charge in [-0.25, -0.2) is 9.67 Å². The van der Waals surface area contributed by atoms with E-state index in [4.69, 9.17) is 0 Å². The molecule has 5 heteroatoms. The lowest BCUT2D eigenvalue weighted by Gasteiger charge is -2.07. The van der Waals surface area contributed by atoms with Crippen molar-refractivity contribution in [2.45, 2.75) is 47.1 Å². The summed E-state index contributed by atoms with van der Waals surface area (Å²) in [7, 11) is 0. The first kappa shape index (κ1) is 14.5. The van der Waals surface area contributed by atoms with Crippen LogP contribution >= 0.6 is 0 Å². The molecule has 2 rings (SSSR count). The molecule has 1 amide bonds. The standard InChI is InChI=1S/C15H22N4O/c1-5-7-16-15(20)12-9-10(3)17-14-13(12)11(4)18-19(14)8-6-2/h9H,5-8H2,1-4H3,(H,16,20). The van der Waals surface area contributed by atoms with Crippen LogP contribution < -0.4 is 5.32 Å². The number of carbonyl (C=O) groups excluding carboxylic acids is 1. The molecule has 2 aromatic rings. The van der Waals surface area contributed by atoms with E-state index in [0.717, 1.165) is 41.8 Å². The number of rotatable bonds is 5. The second kappa shape index (κ2) is 6.03. The van der Waals surface area contributed by atoms with Gasteiger partial charge in [0.2, 0.25) is 0 Å². The second-order valence-electron chi connectivity index (χ2n) is 5.07. The number of hydrogen-bond donors (Lipinski definition) is 1. The summed E-state index contributed by atoms with van der Waals surface area (Å²) >= 11 is 0. The average molecular weight is 274 g/mol. The molecule has 0 saturated heterocycles. The first-order chi connectivity index (χ1) is 9.58. The van der Waals surface area contributed by atoms with Crippen molar-refractivity contribution in [3.63, 3.8) is 0 Å². The van der Waals surface area contributed by atoms with Gasteiger partial charge in [-0.05, 0) is 32.8 Å². The van der Waals surface area contributed by atoms with Crippen LogP contribution in [0.3, 0.4) is 0 Å². The second-order valence-corrected chi connectivity index (χ2v) is 5.07. The summed E-state index contributed by atoms with van der Waals surface area (Å²) in [6.45, 7) is 9.49. The summed E-state index contributed by atoms with van der Waals surface area (Å²) in [5.41, 5.74) is 3.20. The third-order valence-corrected chi connectivity index (χ3v) is 3.22. The lowest BCUT2D eigenvalue weighted by Crippen LogP contribution is -2.24. The van der Waals surface area contributed by atoms with Crippen LogP contribution in [0.1, 0.15) is 48.4 Å². The molecule has 0 atom stereocenters. The fourth-order valence-electron chi connectivity index (χ4n) is 2.36. The van der Waals surface area contributed by atoms with Crippen LogP contribution in [-0.4, -0.2) is 27.2 Å². The van der Waals surface area contributed by atoms with Crippen LogP contribution in [0.4, 0.5) is 0 Å². The van der Waals surface area contributed by atoms with E-state index in [1.165, 1.54) is 0 Å². The van der Waals surface area contributed by atoms with E-state index in [2.05, 4.69) is 22.3 Å². The Balaban J connectivity index is 2.56. The molecule has 2 heterocycles. The van der Waals surface area contributed by atoms with Crippen molar-refractivity contribution in [1.29, 1.82) is 0 Å². The van der Waals surface area contributed by atoms with Crippen molar-refractivity contribution in [2.75, 3.05) is 6.54 Å². The third-order valence-electron chi connectivity index (χ3n) is 3.22. The molecular weight excluding hydrogens is 252 g/mol. The first-order valence-electron chi connectivity index (χ1n) is 7.21. The summed E-state index contributed by atoms with van der Waals surface area (Å²) in [6.07, 6.45) is 1.91. The number of aryl methyl sites for hydroxylation is 3. The third kappa shape index (κ3) is 2.66. The maximum Gasteiger partial charge on any atom is 0.252 e. The molecular formula is C15H22N4O. The van der Waals surface area contributed by atoms with E-state index < -0.39 is 0 Å². The van der Waals surface area contributed by atoms with Gasteiger partial charge >= 0.3 is 0 Å².